The second-order valence-electron chi connectivity index (χ2n) is 6.40. The summed E-state index contributed by atoms with van der Waals surface area (Å²) < 4.78 is 5.17. The van der Waals surface area contributed by atoms with Crippen molar-refractivity contribution in [1.82, 2.24) is 4.90 Å². The molecule has 0 spiro atoms. The van der Waals surface area contributed by atoms with E-state index in [2.05, 4.69) is 17.2 Å². The van der Waals surface area contributed by atoms with E-state index in [0.717, 1.165) is 42.8 Å². The summed E-state index contributed by atoms with van der Waals surface area (Å²) in [5, 5.41) is 2.96. The standard InChI is InChI=1S/C20H26N2O3/c1-4-6-20(24)22-12-5-7-16(14-22)8-11-19(23)21-18-10-9-17(25-3)13-15(18)2/h9-10,13,16H,5,7-8,11-12,14H2,1-3H3,(H,21,23). The van der Waals surface area contributed by atoms with Crippen molar-refractivity contribution in [3.05, 3.63) is 23.8 Å². The SMILES string of the molecule is CC#CC(=O)N1CCCC(CCC(=O)Nc2ccc(OC)cc2C)C1. The van der Waals surface area contributed by atoms with Crippen LogP contribution >= 0.6 is 0 Å². The van der Waals surface area contributed by atoms with E-state index in [1.165, 1.54) is 0 Å². The van der Waals surface area contributed by atoms with Gasteiger partial charge in [-0.05, 0) is 68.7 Å². The Labute approximate surface area is 149 Å². The molecule has 0 saturated carbocycles. The van der Waals surface area contributed by atoms with Gasteiger partial charge in [-0.25, -0.2) is 0 Å². The lowest BCUT2D eigenvalue weighted by molar-refractivity contribution is -0.126. The second-order valence-corrected chi connectivity index (χ2v) is 6.40. The van der Waals surface area contributed by atoms with Gasteiger partial charge in [0.25, 0.3) is 5.91 Å². The molecule has 0 bridgehead atoms. The molecule has 1 atom stereocenters. The summed E-state index contributed by atoms with van der Waals surface area (Å²) in [6, 6.07) is 5.59. The number of carbonyl (C=O) groups excluding carboxylic acids is 2. The number of piperidine rings is 1. The zero-order valence-corrected chi connectivity index (χ0v) is 15.2. The van der Waals surface area contributed by atoms with Crippen molar-refractivity contribution >= 4 is 17.5 Å². The normalized spacial score (nSPS) is 16.6. The molecule has 1 aliphatic rings. The molecule has 134 valence electrons. The van der Waals surface area contributed by atoms with Crippen molar-refractivity contribution in [3.63, 3.8) is 0 Å². The monoisotopic (exact) mass is 342 g/mol. The van der Waals surface area contributed by atoms with Crippen molar-refractivity contribution in [2.45, 2.75) is 39.5 Å². The van der Waals surface area contributed by atoms with Gasteiger partial charge >= 0.3 is 0 Å². The Kier molecular flexibility index (Phi) is 6.88. The van der Waals surface area contributed by atoms with Crippen molar-refractivity contribution in [3.8, 4) is 17.6 Å². The van der Waals surface area contributed by atoms with Crippen LogP contribution in [0.25, 0.3) is 0 Å². The van der Waals surface area contributed by atoms with Crippen molar-refractivity contribution in [2.24, 2.45) is 5.92 Å². The smallest absolute Gasteiger partial charge is 0.298 e. The largest absolute Gasteiger partial charge is 0.497 e. The highest BCUT2D eigenvalue weighted by molar-refractivity contribution is 5.93. The number of methoxy groups -OCH3 is 1. The third kappa shape index (κ3) is 5.53. The van der Waals surface area contributed by atoms with E-state index in [1.54, 1.807) is 18.9 Å². The average Bonchev–Trinajstić information content (AvgIpc) is 2.62. The summed E-state index contributed by atoms with van der Waals surface area (Å²) in [4.78, 5) is 25.9. The molecule has 0 radical (unpaired) electrons. The maximum absolute atomic E-state index is 12.2. The van der Waals surface area contributed by atoms with Crippen LogP contribution in [0.2, 0.25) is 0 Å². The Morgan fingerprint density at radius 3 is 2.88 bits per heavy atom. The molecular formula is C20H26N2O3. The number of hydrogen-bond acceptors (Lipinski definition) is 3. The zero-order valence-electron chi connectivity index (χ0n) is 15.2. The molecule has 1 aliphatic heterocycles. The minimum atomic E-state index is -0.106. The summed E-state index contributed by atoms with van der Waals surface area (Å²) >= 11 is 0. The number of benzene rings is 1. The number of amides is 2. The fourth-order valence-electron chi connectivity index (χ4n) is 3.12. The highest BCUT2D eigenvalue weighted by atomic mass is 16.5. The number of anilines is 1. The van der Waals surface area contributed by atoms with Crippen LogP contribution in [0, 0.1) is 24.7 Å². The highest BCUT2D eigenvalue weighted by Gasteiger charge is 2.23. The summed E-state index contributed by atoms with van der Waals surface area (Å²) in [6.45, 7) is 5.08. The number of aryl methyl sites for hydroxylation is 1. The summed E-state index contributed by atoms with van der Waals surface area (Å²) in [7, 11) is 1.62. The molecule has 1 N–H and O–H groups in total. The number of nitrogens with zero attached hydrogens (tertiary/aromatic N) is 1. The third-order valence-electron chi connectivity index (χ3n) is 4.53. The van der Waals surface area contributed by atoms with Gasteiger partial charge in [-0.15, -0.1) is 0 Å². The van der Waals surface area contributed by atoms with Crippen molar-refractivity contribution in [2.75, 3.05) is 25.5 Å². The van der Waals surface area contributed by atoms with Crippen LogP contribution in [-0.2, 0) is 9.59 Å². The molecule has 1 aromatic carbocycles. The topological polar surface area (TPSA) is 58.6 Å². The Morgan fingerprint density at radius 2 is 2.20 bits per heavy atom. The van der Waals surface area contributed by atoms with Crippen LogP contribution in [0.4, 0.5) is 5.69 Å². The van der Waals surface area contributed by atoms with Gasteiger partial charge in [0.15, 0.2) is 0 Å². The fraction of sp³-hybridized carbons (Fsp3) is 0.500. The van der Waals surface area contributed by atoms with Gasteiger partial charge in [0.2, 0.25) is 5.91 Å². The van der Waals surface area contributed by atoms with E-state index < -0.39 is 0 Å². The first-order valence-electron chi connectivity index (χ1n) is 8.69. The van der Waals surface area contributed by atoms with Gasteiger partial charge in [0.05, 0.1) is 7.11 Å². The molecule has 25 heavy (non-hydrogen) atoms. The molecule has 0 aliphatic carbocycles. The minimum Gasteiger partial charge on any atom is -0.497 e. The van der Waals surface area contributed by atoms with Crippen LogP contribution in [0.15, 0.2) is 18.2 Å². The average molecular weight is 342 g/mol. The van der Waals surface area contributed by atoms with Crippen LogP contribution in [0.5, 0.6) is 5.75 Å². The molecule has 5 nitrogen and oxygen atoms in total. The third-order valence-corrected chi connectivity index (χ3v) is 4.53. The zero-order chi connectivity index (χ0) is 18.2. The quantitative estimate of drug-likeness (QED) is 0.837. The lowest BCUT2D eigenvalue weighted by Gasteiger charge is -2.31. The first kappa shape index (κ1) is 18.9. The van der Waals surface area contributed by atoms with E-state index in [-0.39, 0.29) is 11.8 Å². The van der Waals surface area contributed by atoms with Gasteiger partial charge < -0.3 is 15.0 Å². The molecule has 0 aromatic heterocycles. The predicted molar refractivity (Wildman–Crippen MR) is 98.3 cm³/mol. The molecule has 1 unspecified atom stereocenters. The maximum atomic E-state index is 12.2. The van der Waals surface area contributed by atoms with Crippen LogP contribution in [0.1, 0.15) is 38.2 Å². The van der Waals surface area contributed by atoms with Crippen molar-refractivity contribution in [1.29, 1.82) is 0 Å². The van der Waals surface area contributed by atoms with E-state index in [1.807, 2.05) is 25.1 Å². The molecule has 2 amide bonds. The minimum absolute atomic E-state index is 0.00469. The Bertz CT molecular complexity index is 688. The molecule has 1 heterocycles. The molecular weight excluding hydrogens is 316 g/mol. The summed E-state index contributed by atoms with van der Waals surface area (Å²) in [5.41, 5.74) is 1.78. The van der Waals surface area contributed by atoms with Gasteiger partial charge in [-0.2, -0.15) is 0 Å². The maximum Gasteiger partial charge on any atom is 0.298 e. The molecule has 2 rings (SSSR count). The van der Waals surface area contributed by atoms with Gasteiger partial charge in [0, 0.05) is 25.2 Å². The van der Waals surface area contributed by atoms with E-state index >= 15 is 0 Å². The number of carbonyl (C=O) groups is 2. The second kappa shape index (κ2) is 9.12. The highest BCUT2D eigenvalue weighted by Crippen LogP contribution is 2.23. The Hall–Kier alpha value is -2.48. The van der Waals surface area contributed by atoms with Gasteiger partial charge in [-0.3, -0.25) is 9.59 Å². The predicted octanol–water partition coefficient (Wildman–Crippen LogP) is 2.98. The number of ether oxygens (including phenoxy) is 1. The molecule has 1 saturated heterocycles. The van der Waals surface area contributed by atoms with Crippen LogP contribution < -0.4 is 10.1 Å². The summed E-state index contributed by atoms with van der Waals surface area (Å²) in [6.07, 6.45) is 3.27. The van der Waals surface area contributed by atoms with Crippen LogP contribution in [-0.4, -0.2) is 36.9 Å². The first-order chi connectivity index (χ1) is 12.0. The van der Waals surface area contributed by atoms with Crippen LogP contribution in [0.3, 0.4) is 0 Å². The van der Waals surface area contributed by atoms with Gasteiger partial charge in [-0.1, -0.05) is 5.92 Å². The fourth-order valence-corrected chi connectivity index (χ4v) is 3.12. The first-order valence-corrected chi connectivity index (χ1v) is 8.69. The lowest BCUT2D eigenvalue weighted by Crippen LogP contribution is -2.39. The summed E-state index contributed by atoms with van der Waals surface area (Å²) in [5.74, 6) is 6.29. The number of likely N-dealkylation sites (tertiary alicyclic amines) is 1. The molecule has 1 fully saturated rings. The van der Waals surface area contributed by atoms with E-state index in [9.17, 15) is 9.59 Å². The number of rotatable bonds is 5. The Morgan fingerprint density at radius 1 is 1.40 bits per heavy atom. The van der Waals surface area contributed by atoms with E-state index in [4.69, 9.17) is 4.74 Å². The number of hydrogen-bond donors (Lipinski definition) is 1. The molecule has 1 aromatic rings. The van der Waals surface area contributed by atoms with E-state index in [0.29, 0.717) is 18.9 Å². The van der Waals surface area contributed by atoms with Crippen molar-refractivity contribution < 1.29 is 14.3 Å². The number of nitrogens with one attached hydrogen (secondary N) is 1. The Balaban J connectivity index is 1.83. The lowest BCUT2D eigenvalue weighted by atomic mass is 9.93. The van der Waals surface area contributed by atoms with Gasteiger partial charge in [0.1, 0.15) is 5.75 Å². The molecule has 5 heteroatoms.